The van der Waals surface area contributed by atoms with Crippen LogP contribution in [0.25, 0.3) is 0 Å². The largest absolute Gasteiger partial charge is 0.393 e. The van der Waals surface area contributed by atoms with Crippen LogP contribution in [0.2, 0.25) is 0 Å². The average molecular weight is 443 g/mol. The van der Waals surface area contributed by atoms with Gasteiger partial charge in [-0.1, -0.05) is 0 Å². The van der Waals surface area contributed by atoms with Crippen molar-refractivity contribution in [2.24, 2.45) is 5.11 Å². The number of benzene rings is 1. The van der Waals surface area contributed by atoms with Gasteiger partial charge in [-0.05, 0) is 18.6 Å². The molecular formula is C17H27N6O8+. The topological polar surface area (TPSA) is 228 Å². The minimum atomic E-state index is -1.92. The third kappa shape index (κ3) is 6.22. The Morgan fingerprint density at radius 1 is 1.29 bits per heavy atom. The molecule has 5 atom stereocenters. The lowest BCUT2D eigenvalue weighted by atomic mass is 9.76. The highest BCUT2D eigenvalue weighted by atomic mass is 16.6. The Labute approximate surface area is 176 Å². The Balaban J connectivity index is 1.74. The van der Waals surface area contributed by atoms with Crippen LogP contribution in [-0.2, 0) is 4.74 Å². The first-order chi connectivity index (χ1) is 14.7. The van der Waals surface area contributed by atoms with Crippen molar-refractivity contribution in [3.8, 4) is 0 Å². The van der Waals surface area contributed by atoms with Crippen molar-refractivity contribution in [3.05, 3.63) is 28.3 Å². The Hall–Kier alpha value is -2.55. The molecule has 14 heteroatoms. The highest BCUT2D eigenvalue weighted by Gasteiger charge is 2.50. The van der Waals surface area contributed by atoms with Gasteiger partial charge in [0.15, 0.2) is 10.8 Å². The fourth-order valence-electron chi connectivity index (χ4n) is 3.33. The number of nitrogens with zero attached hydrogens (tertiary/aromatic N) is 3. The summed E-state index contributed by atoms with van der Waals surface area (Å²) >= 11 is 0. The summed E-state index contributed by atoms with van der Waals surface area (Å²) in [5.41, 5.74) is 4.99. The molecule has 0 aromatic heterocycles. The van der Waals surface area contributed by atoms with Crippen LogP contribution < -0.4 is 15.5 Å². The Bertz CT molecular complexity index is 807. The molecule has 31 heavy (non-hydrogen) atoms. The third-order valence-corrected chi connectivity index (χ3v) is 5.04. The van der Waals surface area contributed by atoms with Crippen LogP contribution in [0.3, 0.4) is 0 Å². The van der Waals surface area contributed by atoms with Gasteiger partial charge in [0.25, 0.3) is 5.69 Å². The zero-order chi connectivity index (χ0) is 23.0. The molecule has 14 nitrogen and oxygen atoms in total. The van der Waals surface area contributed by atoms with Crippen molar-refractivity contribution in [1.82, 2.24) is 10.2 Å². The number of ether oxygens (including phenoxy) is 1. The van der Waals surface area contributed by atoms with E-state index in [4.69, 9.17) is 10.3 Å². The van der Waals surface area contributed by atoms with Crippen LogP contribution in [-0.4, -0.2) is 93.3 Å². The number of rotatable bonds is 11. The van der Waals surface area contributed by atoms with E-state index in [1.165, 1.54) is 18.2 Å². The molecule has 0 spiro atoms. The minimum Gasteiger partial charge on any atom is -0.393 e. The Morgan fingerprint density at radius 3 is 2.65 bits per heavy atom. The maximum atomic E-state index is 11.2. The molecule has 1 fully saturated rings. The molecule has 0 radical (unpaired) electrons. The van der Waals surface area contributed by atoms with Gasteiger partial charge in [0.2, 0.25) is 4.91 Å². The molecule has 1 saturated carbocycles. The summed E-state index contributed by atoms with van der Waals surface area (Å²) in [7, 11) is 0. The van der Waals surface area contributed by atoms with Crippen LogP contribution in [0.5, 0.6) is 0 Å². The van der Waals surface area contributed by atoms with E-state index in [0.717, 1.165) is 0 Å². The van der Waals surface area contributed by atoms with Gasteiger partial charge in [-0.25, -0.2) is 0 Å². The normalized spacial score (nSPS) is 28.0. The lowest BCUT2D eigenvalue weighted by molar-refractivity contribution is -0.383. The summed E-state index contributed by atoms with van der Waals surface area (Å²) < 4.78 is 5.41. The Kier molecular flexibility index (Phi) is 8.91. The summed E-state index contributed by atoms with van der Waals surface area (Å²) in [6.45, 7) is 0.159. The molecule has 0 aliphatic heterocycles. The molecule has 2 rings (SSSR count). The monoisotopic (exact) mass is 443 g/mol. The molecule has 8 N–H and O–H groups in total. The van der Waals surface area contributed by atoms with E-state index in [0.29, 0.717) is 0 Å². The van der Waals surface area contributed by atoms with Crippen molar-refractivity contribution >= 4 is 17.1 Å². The van der Waals surface area contributed by atoms with Crippen LogP contribution in [0.15, 0.2) is 23.3 Å². The second kappa shape index (κ2) is 11.2. The first kappa shape index (κ1) is 24.7. The number of nitro groups is 1. The smallest absolute Gasteiger partial charge is 0.294 e. The number of anilines is 1. The van der Waals surface area contributed by atoms with Gasteiger partial charge >= 0.3 is 0 Å². The molecule has 1 aromatic carbocycles. The summed E-state index contributed by atoms with van der Waals surface area (Å²) in [4.78, 5) is 13.4. The van der Waals surface area contributed by atoms with Gasteiger partial charge in [0.05, 0.1) is 36.9 Å². The van der Waals surface area contributed by atoms with Crippen LogP contribution >= 0.6 is 0 Å². The standard InChI is InChI=1S/C17H26N6O8/c18-22-21-10-1-2-11(13(7-10)23(29)30)19-3-5-31-6-4-20-12-8-17(28,9-24)16(27)15(26)14(12)25/h1-2,7,12,14-16,18,20,24-28H,3-6,8-9H2/p+1/t12-,14-,15+,16-,17-/m0/s1. The molecular weight excluding hydrogens is 416 g/mol. The maximum Gasteiger partial charge on any atom is 0.294 e. The predicted octanol–water partition coefficient (Wildman–Crippen LogP) is -1.63. The number of nitro benzene ring substituents is 1. The summed E-state index contributed by atoms with van der Waals surface area (Å²) in [6.07, 6.45) is -4.77. The number of aliphatic hydroxyl groups is 5. The van der Waals surface area contributed by atoms with Crippen LogP contribution in [0.4, 0.5) is 17.1 Å². The molecule has 0 saturated heterocycles. The van der Waals surface area contributed by atoms with Gasteiger partial charge in [-0.2, -0.15) is 0 Å². The molecule has 0 unspecified atom stereocenters. The first-order valence-corrected chi connectivity index (χ1v) is 9.52. The van der Waals surface area contributed by atoms with Crippen LogP contribution in [0, 0.1) is 15.6 Å². The van der Waals surface area contributed by atoms with Crippen LogP contribution in [0.1, 0.15) is 6.42 Å². The number of nitrogens with one attached hydrogen (secondary N) is 3. The van der Waals surface area contributed by atoms with Crippen molar-refractivity contribution in [1.29, 1.82) is 5.53 Å². The zero-order valence-corrected chi connectivity index (χ0v) is 16.6. The molecule has 0 bridgehead atoms. The van der Waals surface area contributed by atoms with E-state index in [1.54, 1.807) is 0 Å². The second-order valence-corrected chi connectivity index (χ2v) is 7.15. The van der Waals surface area contributed by atoms with Gasteiger partial charge in [-0.15, -0.1) is 0 Å². The molecule has 1 aliphatic rings. The van der Waals surface area contributed by atoms with Crippen molar-refractivity contribution in [2.75, 3.05) is 38.2 Å². The fraction of sp³-hybridized carbons (Fsp3) is 0.647. The van der Waals surface area contributed by atoms with Gasteiger partial charge in [0.1, 0.15) is 29.0 Å². The number of hydrogen-bond donors (Lipinski definition) is 8. The van der Waals surface area contributed by atoms with Crippen molar-refractivity contribution in [3.63, 3.8) is 0 Å². The molecule has 0 heterocycles. The van der Waals surface area contributed by atoms with Gasteiger partial charge < -0.3 is 40.9 Å². The molecule has 1 aromatic rings. The number of hydrogen-bond acceptors (Lipinski definition) is 12. The lowest BCUT2D eigenvalue weighted by Crippen LogP contribution is -2.67. The minimum absolute atomic E-state index is 0.163. The van der Waals surface area contributed by atoms with Gasteiger partial charge in [-0.3, -0.25) is 10.1 Å². The molecule has 0 amide bonds. The second-order valence-electron chi connectivity index (χ2n) is 7.15. The molecule has 1 aliphatic carbocycles. The summed E-state index contributed by atoms with van der Waals surface area (Å²) in [6, 6.07) is 3.36. The summed E-state index contributed by atoms with van der Waals surface area (Å²) in [5, 5.41) is 69.5. The van der Waals surface area contributed by atoms with E-state index in [2.05, 4.69) is 20.7 Å². The Morgan fingerprint density at radius 2 is 2.00 bits per heavy atom. The van der Waals surface area contributed by atoms with E-state index < -0.39 is 41.5 Å². The van der Waals surface area contributed by atoms with Crippen molar-refractivity contribution in [2.45, 2.75) is 36.4 Å². The summed E-state index contributed by atoms with van der Waals surface area (Å²) in [5.74, 6) is 0. The molecule has 172 valence electrons. The maximum absolute atomic E-state index is 11.2. The first-order valence-electron chi connectivity index (χ1n) is 9.52. The van der Waals surface area contributed by atoms with E-state index in [1.807, 2.05) is 0 Å². The van der Waals surface area contributed by atoms with E-state index in [-0.39, 0.29) is 49.8 Å². The van der Waals surface area contributed by atoms with Crippen molar-refractivity contribution < 1.29 is 35.2 Å². The number of aliphatic hydroxyl groups excluding tert-OH is 4. The SMILES string of the molecule is N=[N+]=Nc1ccc(NCCOCCN[C@H]2C[C@](O)(CO)[C@@H](O)[C@H](O)[C@H]2O)c([N+](=O)[O-])c1. The predicted molar refractivity (Wildman–Crippen MR) is 106 cm³/mol. The third-order valence-electron chi connectivity index (χ3n) is 5.04. The highest BCUT2D eigenvalue weighted by molar-refractivity contribution is 5.66. The average Bonchev–Trinajstić information content (AvgIpc) is 2.75. The van der Waals surface area contributed by atoms with E-state index in [9.17, 15) is 35.6 Å². The highest BCUT2D eigenvalue weighted by Crippen LogP contribution is 2.30. The lowest BCUT2D eigenvalue weighted by Gasteiger charge is -2.45. The fourth-order valence-corrected chi connectivity index (χ4v) is 3.33. The van der Waals surface area contributed by atoms with E-state index >= 15 is 0 Å². The zero-order valence-electron chi connectivity index (χ0n) is 16.6. The van der Waals surface area contributed by atoms with Gasteiger partial charge in [0, 0.05) is 19.1 Å². The quantitative estimate of drug-likeness (QED) is 0.0640.